The SMILES string of the molecule is C[C@@H](OC(=O)c1ccc(O)cc1)C(=O)NCc1ccc2c(c1)OCO2. The Morgan fingerprint density at radius 3 is 2.64 bits per heavy atom. The lowest BCUT2D eigenvalue weighted by Gasteiger charge is -2.13. The van der Waals surface area contributed by atoms with E-state index in [0.29, 0.717) is 11.5 Å². The molecule has 1 amide bonds. The molecule has 2 N–H and O–H groups in total. The van der Waals surface area contributed by atoms with Crippen LogP contribution in [0.3, 0.4) is 0 Å². The van der Waals surface area contributed by atoms with E-state index in [1.54, 1.807) is 12.1 Å². The molecule has 0 saturated heterocycles. The van der Waals surface area contributed by atoms with Crippen LogP contribution in [0.15, 0.2) is 42.5 Å². The number of esters is 1. The van der Waals surface area contributed by atoms with Crippen LogP contribution in [-0.4, -0.2) is 29.9 Å². The van der Waals surface area contributed by atoms with Crippen LogP contribution in [0, 0.1) is 0 Å². The van der Waals surface area contributed by atoms with E-state index in [4.69, 9.17) is 14.2 Å². The van der Waals surface area contributed by atoms with Crippen molar-refractivity contribution in [3.05, 3.63) is 53.6 Å². The molecule has 0 radical (unpaired) electrons. The number of carbonyl (C=O) groups is 2. The van der Waals surface area contributed by atoms with Gasteiger partial charge in [-0.3, -0.25) is 4.79 Å². The van der Waals surface area contributed by atoms with Gasteiger partial charge in [-0.2, -0.15) is 0 Å². The van der Waals surface area contributed by atoms with Gasteiger partial charge in [-0.05, 0) is 48.9 Å². The number of rotatable bonds is 5. The summed E-state index contributed by atoms with van der Waals surface area (Å²) in [5.41, 5.74) is 1.10. The first-order valence-electron chi connectivity index (χ1n) is 7.69. The predicted octanol–water partition coefficient (Wildman–Crippen LogP) is 1.98. The van der Waals surface area contributed by atoms with E-state index < -0.39 is 18.0 Å². The van der Waals surface area contributed by atoms with Crippen LogP contribution < -0.4 is 14.8 Å². The second-order valence-electron chi connectivity index (χ2n) is 5.50. The normalized spacial score (nSPS) is 13.2. The van der Waals surface area contributed by atoms with Crippen LogP contribution in [-0.2, 0) is 16.1 Å². The molecule has 0 fully saturated rings. The fraction of sp³-hybridized carbons (Fsp3) is 0.222. The molecule has 3 rings (SSSR count). The van der Waals surface area contributed by atoms with Gasteiger partial charge in [-0.1, -0.05) is 6.07 Å². The Bertz CT molecular complexity index is 787. The third-order valence-corrected chi connectivity index (χ3v) is 3.66. The Labute approximate surface area is 144 Å². The number of fused-ring (bicyclic) bond motifs is 1. The maximum absolute atomic E-state index is 12.1. The monoisotopic (exact) mass is 343 g/mol. The Balaban J connectivity index is 1.52. The van der Waals surface area contributed by atoms with Crippen LogP contribution in [0.25, 0.3) is 0 Å². The summed E-state index contributed by atoms with van der Waals surface area (Å²) in [5, 5.41) is 11.9. The van der Waals surface area contributed by atoms with Crippen molar-refractivity contribution in [1.29, 1.82) is 0 Å². The number of hydrogen-bond acceptors (Lipinski definition) is 6. The molecule has 0 spiro atoms. The third kappa shape index (κ3) is 4.00. The number of carbonyl (C=O) groups excluding carboxylic acids is 2. The fourth-order valence-corrected chi connectivity index (χ4v) is 2.26. The molecule has 0 unspecified atom stereocenters. The number of benzene rings is 2. The largest absolute Gasteiger partial charge is 0.508 e. The van der Waals surface area contributed by atoms with Crippen molar-refractivity contribution in [1.82, 2.24) is 5.32 Å². The van der Waals surface area contributed by atoms with E-state index in [2.05, 4.69) is 5.32 Å². The van der Waals surface area contributed by atoms with Crippen LogP contribution in [0.2, 0.25) is 0 Å². The summed E-state index contributed by atoms with van der Waals surface area (Å²) >= 11 is 0. The Morgan fingerprint density at radius 2 is 1.88 bits per heavy atom. The van der Waals surface area contributed by atoms with Crippen molar-refractivity contribution >= 4 is 11.9 Å². The van der Waals surface area contributed by atoms with Crippen LogP contribution in [0.5, 0.6) is 17.2 Å². The first kappa shape index (κ1) is 16.6. The number of ether oxygens (including phenoxy) is 3. The topological polar surface area (TPSA) is 94.1 Å². The van der Waals surface area contributed by atoms with Gasteiger partial charge in [-0.15, -0.1) is 0 Å². The molecule has 130 valence electrons. The maximum atomic E-state index is 12.1. The molecule has 7 heteroatoms. The lowest BCUT2D eigenvalue weighted by Crippen LogP contribution is -2.35. The number of hydrogen-bond donors (Lipinski definition) is 2. The van der Waals surface area contributed by atoms with Crippen molar-refractivity contribution in [3.8, 4) is 17.2 Å². The van der Waals surface area contributed by atoms with Gasteiger partial charge in [0.25, 0.3) is 5.91 Å². The summed E-state index contributed by atoms with van der Waals surface area (Å²) < 4.78 is 15.6. The predicted molar refractivity (Wildman–Crippen MR) is 87.4 cm³/mol. The molecule has 2 aromatic carbocycles. The van der Waals surface area contributed by atoms with Crippen LogP contribution >= 0.6 is 0 Å². The average molecular weight is 343 g/mol. The molecule has 7 nitrogen and oxygen atoms in total. The molecule has 0 saturated carbocycles. The number of phenolic OH excluding ortho intramolecular Hbond substituents is 1. The van der Waals surface area contributed by atoms with Gasteiger partial charge in [0.05, 0.1) is 5.56 Å². The van der Waals surface area contributed by atoms with E-state index in [1.165, 1.54) is 31.2 Å². The Kier molecular flexibility index (Phi) is 4.74. The minimum absolute atomic E-state index is 0.0473. The number of aromatic hydroxyl groups is 1. The molecule has 0 bridgehead atoms. The highest BCUT2D eigenvalue weighted by Gasteiger charge is 2.19. The quantitative estimate of drug-likeness (QED) is 0.806. The zero-order valence-electron chi connectivity index (χ0n) is 13.5. The third-order valence-electron chi connectivity index (χ3n) is 3.66. The molecular weight excluding hydrogens is 326 g/mol. The zero-order chi connectivity index (χ0) is 17.8. The van der Waals surface area contributed by atoms with E-state index in [9.17, 15) is 14.7 Å². The standard InChI is InChI=1S/C18H17NO6/c1-11(25-18(22)13-3-5-14(20)6-4-13)17(21)19-9-12-2-7-15-16(8-12)24-10-23-15/h2-8,11,20H,9-10H2,1H3,(H,19,21)/t11-/m1/s1. The van der Waals surface area contributed by atoms with Gasteiger partial charge < -0.3 is 24.6 Å². The van der Waals surface area contributed by atoms with Crippen molar-refractivity contribution in [2.45, 2.75) is 19.6 Å². The highest BCUT2D eigenvalue weighted by molar-refractivity contribution is 5.92. The van der Waals surface area contributed by atoms with Gasteiger partial charge in [-0.25, -0.2) is 4.79 Å². The first-order valence-corrected chi connectivity index (χ1v) is 7.69. The van der Waals surface area contributed by atoms with Gasteiger partial charge >= 0.3 is 5.97 Å². The van der Waals surface area contributed by atoms with Crippen molar-refractivity contribution in [3.63, 3.8) is 0 Å². The first-order chi connectivity index (χ1) is 12.0. The van der Waals surface area contributed by atoms with Gasteiger partial charge in [0.2, 0.25) is 6.79 Å². The summed E-state index contributed by atoms with van der Waals surface area (Å²) in [6, 6.07) is 11.0. The molecule has 0 aromatic heterocycles. The van der Waals surface area contributed by atoms with Gasteiger partial charge in [0, 0.05) is 6.54 Å². The van der Waals surface area contributed by atoms with Crippen LogP contribution in [0.1, 0.15) is 22.8 Å². The summed E-state index contributed by atoms with van der Waals surface area (Å²) in [7, 11) is 0. The summed E-state index contributed by atoms with van der Waals surface area (Å²) in [6.45, 7) is 1.96. The minimum Gasteiger partial charge on any atom is -0.508 e. The second kappa shape index (κ2) is 7.12. The Hall–Kier alpha value is -3.22. The molecule has 1 atom stereocenters. The van der Waals surface area contributed by atoms with E-state index >= 15 is 0 Å². The Morgan fingerprint density at radius 1 is 1.16 bits per heavy atom. The number of amides is 1. The minimum atomic E-state index is -0.949. The van der Waals surface area contributed by atoms with E-state index in [-0.39, 0.29) is 24.7 Å². The van der Waals surface area contributed by atoms with Crippen molar-refractivity contribution in [2.75, 3.05) is 6.79 Å². The summed E-state index contributed by atoms with van der Waals surface area (Å²) in [4.78, 5) is 24.0. The number of phenols is 1. The number of nitrogens with one attached hydrogen (secondary N) is 1. The van der Waals surface area contributed by atoms with Crippen molar-refractivity contribution in [2.24, 2.45) is 0 Å². The molecule has 25 heavy (non-hydrogen) atoms. The van der Waals surface area contributed by atoms with E-state index in [0.717, 1.165) is 5.56 Å². The van der Waals surface area contributed by atoms with Gasteiger partial charge in [0.15, 0.2) is 17.6 Å². The molecule has 1 aliphatic heterocycles. The molecular formula is C18H17NO6. The van der Waals surface area contributed by atoms with E-state index in [1.807, 2.05) is 6.07 Å². The second-order valence-corrected chi connectivity index (χ2v) is 5.50. The average Bonchev–Trinajstić information content (AvgIpc) is 3.07. The smallest absolute Gasteiger partial charge is 0.338 e. The maximum Gasteiger partial charge on any atom is 0.338 e. The molecule has 0 aliphatic carbocycles. The highest BCUT2D eigenvalue weighted by atomic mass is 16.7. The zero-order valence-corrected chi connectivity index (χ0v) is 13.5. The fourth-order valence-electron chi connectivity index (χ4n) is 2.26. The highest BCUT2D eigenvalue weighted by Crippen LogP contribution is 2.32. The molecule has 1 aliphatic rings. The van der Waals surface area contributed by atoms with Crippen LogP contribution in [0.4, 0.5) is 0 Å². The summed E-state index contributed by atoms with van der Waals surface area (Å²) in [6.07, 6.45) is -0.949. The molecule has 1 heterocycles. The van der Waals surface area contributed by atoms with Gasteiger partial charge in [0.1, 0.15) is 5.75 Å². The lowest BCUT2D eigenvalue weighted by molar-refractivity contribution is -0.129. The summed E-state index contributed by atoms with van der Waals surface area (Å²) in [5.74, 6) is 0.312. The molecule has 2 aromatic rings. The van der Waals surface area contributed by atoms with Crippen molar-refractivity contribution < 1.29 is 28.9 Å². The lowest BCUT2D eigenvalue weighted by atomic mass is 10.2.